The average Bonchev–Trinajstić information content (AvgIpc) is 2.84. The molecule has 0 radical (unpaired) electrons. The number of alkyl halides is 3. The molecule has 0 amide bonds. The lowest BCUT2D eigenvalue weighted by molar-refractivity contribution is -0.106. The summed E-state index contributed by atoms with van der Waals surface area (Å²) in [7, 11) is -4.71. The Morgan fingerprint density at radius 3 is 1.97 bits per heavy atom. The summed E-state index contributed by atoms with van der Waals surface area (Å²) in [6, 6.07) is 20.9. The molecule has 0 saturated carbocycles. The first-order valence-electron chi connectivity index (χ1n) is 10.6. The van der Waals surface area contributed by atoms with Crippen LogP contribution >= 0.6 is 0 Å². The predicted molar refractivity (Wildman–Crippen MR) is 128 cm³/mol. The highest BCUT2D eigenvalue weighted by Gasteiger charge is 2.38. The zero-order chi connectivity index (χ0) is 25.6. The number of rotatable bonds is 9. The van der Waals surface area contributed by atoms with Gasteiger partial charge in [0.05, 0.1) is 12.2 Å². The van der Waals surface area contributed by atoms with E-state index in [1.54, 1.807) is 60.8 Å². The van der Waals surface area contributed by atoms with E-state index >= 15 is 0 Å². The molecule has 0 atom stereocenters. The molecule has 0 aliphatic rings. The van der Waals surface area contributed by atoms with Crippen LogP contribution in [0.1, 0.15) is 5.56 Å². The second-order valence-electron chi connectivity index (χ2n) is 7.58. The molecule has 0 unspecified atom stereocenters. The SMILES string of the molecule is O=S(=O)(CC(F)(F)F)N(Cc1cccnc1)c1ccc(Oc2ccc(Oc3ccccn3)cc2)cc1. The molecule has 0 saturated heterocycles. The third kappa shape index (κ3) is 6.95. The zero-order valence-corrected chi connectivity index (χ0v) is 19.5. The van der Waals surface area contributed by atoms with E-state index in [2.05, 4.69) is 9.97 Å². The standard InChI is InChI=1S/C25H20F3N3O4S/c26-25(27,28)18-36(32,33)31(17-19-4-3-14-29-16-19)20-6-8-21(9-7-20)34-22-10-12-23(13-11-22)35-24-5-1-2-15-30-24/h1-16H,17-18H2. The molecule has 36 heavy (non-hydrogen) atoms. The van der Waals surface area contributed by atoms with Crippen molar-refractivity contribution < 1.29 is 31.1 Å². The second-order valence-corrected chi connectivity index (χ2v) is 9.47. The molecule has 0 spiro atoms. The Morgan fingerprint density at radius 2 is 1.42 bits per heavy atom. The summed E-state index contributed by atoms with van der Waals surface area (Å²) in [6.07, 6.45) is -0.388. The molecule has 2 aromatic heterocycles. The highest BCUT2D eigenvalue weighted by molar-refractivity contribution is 7.92. The van der Waals surface area contributed by atoms with Crippen LogP contribution in [0.5, 0.6) is 23.1 Å². The number of aromatic nitrogens is 2. The molecule has 4 rings (SSSR count). The molecule has 11 heteroatoms. The molecular weight excluding hydrogens is 495 g/mol. The van der Waals surface area contributed by atoms with Crippen LogP contribution in [0.4, 0.5) is 18.9 Å². The van der Waals surface area contributed by atoms with Gasteiger partial charge in [-0.3, -0.25) is 9.29 Å². The first-order chi connectivity index (χ1) is 17.2. The van der Waals surface area contributed by atoms with E-state index in [1.165, 1.54) is 36.7 Å². The third-order valence-corrected chi connectivity index (χ3v) is 6.48. The summed E-state index contributed by atoms with van der Waals surface area (Å²) in [5.74, 6) is -0.138. The lowest BCUT2D eigenvalue weighted by Gasteiger charge is -2.25. The van der Waals surface area contributed by atoms with Gasteiger partial charge in [-0.05, 0) is 66.2 Å². The van der Waals surface area contributed by atoms with Crippen LogP contribution in [0.3, 0.4) is 0 Å². The summed E-state index contributed by atoms with van der Waals surface area (Å²) >= 11 is 0. The van der Waals surface area contributed by atoms with Crippen molar-refractivity contribution in [2.45, 2.75) is 12.7 Å². The summed E-state index contributed by atoms with van der Waals surface area (Å²) in [4.78, 5) is 7.99. The first-order valence-corrected chi connectivity index (χ1v) is 12.2. The van der Waals surface area contributed by atoms with Gasteiger partial charge in [0.15, 0.2) is 5.75 Å². The largest absolute Gasteiger partial charge is 0.457 e. The van der Waals surface area contributed by atoms with Gasteiger partial charge in [-0.25, -0.2) is 13.4 Å². The van der Waals surface area contributed by atoms with Crippen molar-refractivity contribution in [3.05, 3.63) is 103 Å². The van der Waals surface area contributed by atoms with Crippen molar-refractivity contribution in [3.8, 4) is 23.1 Å². The van der Waals surface area contributed by atoms with Crippen LogP contribution in [-0.2, 0) is 16.6 Å². The highest BCUT2D eigenvalue weighted by atomic mass is 32.2. The fourth-order valence-corrected chi connectivity index (χ4v) is 4.57. The Labute approximate surface area is 205 Å². The number of nitrogens with zero attached hydrogens (tertiary/aromatic N) is 3. The lowest BCUT2D eigenvalue weighted by Crippen LogP contribution is -2.37. The van der Waals surface area contributed by atoms with Crippen LogP contribution in [0.15, 0.2) is 97.5 Å². The lowest BCUT2D eigenvalue weighted by atomic mass is 10.2. The minimum atomic E-state index is -4.89. The monoisotopic (exact) mass is 515 g/mol. The molecule has 2 heterocycles. The van der Waals surface area contributed by atoms with E-state index in [0.29, 0.717) is 33.0 Å². The van der Waals surface area contributed by atoms with Crippen molar-refractivity contribution >= 4 is 15.7 Å². The third-order valence-electron chi connectivity index (χ3n) is 4.78. The Balaban J connectivity index is 1.50. The molecule has 2 aromatic carbocycles. The minimum Gasteiger partial charge on any atom is -0.457 e. The average molecular weight is 516 g/mol. The molecule has 7 nitrogen and oxygen atoms in total. The van der Waals surface area contributed by atoms with Gasteiger partial charge in [0.2, 0.25) is 15.9 Å². The molecule has 0 aliphatic carbocycles. The van der Waals surface area contributed by atoms with Gasteiger partial charge in [0.1, 0.15) is 17.2 Å². The fourth-order valence-electron chi connectivity index (χ4n) is 3.21. The minimum absolute atomic E-state index is 0.0644. The normalized spacial score (nSPS) is 11.6. The Hall–Kier alpha value is -4.12. The molecule has 186 valence electrons. The maximum atomic E-state index is 13.0. The number of pyridine rings is 2. The van der Waals surface area contributed by atoms with Gasteiger partial charge in [-0.1, -0.05) is 12.1 Å². The molecule has 0 N–H and O–H groups in total. The van der Waals surface area contributed by atoms with Gasteiger partial charge in [0, 0.05) is 24.7 Å². The summed E-state index contributed by atoms with van der Waals surface area (Å²) < 4.78 is 76.3. The second kappa shape index (κ2) is 10.6. The van der Waals surface area contributed by atoms with E-state index in [4.69, 9.17) is 9.47 Å². The van der Waals surface area contributed by atoms with Gasteiger partial charge >= 0.3 is 6.18 Å². The van der Waals surface area contributed by atoms with Crippen LogP contribution in [0.2, 0.25) is 0 Å². The number of hydrogen-bond acceptors (Lipinski definition) is 6. The smallest absolute Gasteiger partial charge is 0.404 e. The Bertz CT molecular complexity index is 1370. The molecule has 4 aromatic rings. The van der Waals surface area contributed by atoms with Crippen LogP contribution in [0, 0.1) is 0 Å². The van der Waals surface area contributed by atoms with Gasteiger partial charge in [-0.15, -0.1) is 0 Å². The number of sulfonamides is 1. The molecular formula is C25H20F3N3O4S. The maximum absolute atomic E-state index is 13.0. The van der Waals surface area contributed by atoms with Gasteiger partial charge in [0.25, 0.3) is 0 Å². The van der Waals surface area contributed by atoms with E-state index < -0.39 is 22.0 Å². The predicted octanol–water partition coefficient (Wildman–Crippen LogP) is 5.96. The van der Waals surface area contributed by atoms with Crippen LogP contribution < -0.4 is 13.8 Å². The number of hydrogen-bond donors (Lipinski definition) is 0. The molecule has 0 fully saturated rings. The van der Waals surface area contributed by atoms with Crippen molar-refractivity contribution in [2.75, 3.05) is 10.1 Å². The topological polar surface area (TPSA) is 81.6 Å². The number of anilines is 1. The van der Waals surface area contributed by atoms with Crippen molar-refractivity contribution in [3.63, 3.8) is 0 Å². The Morgan fingerprint density at radius 1 is 0.778 bits per heavy atom. The van der Waals surface area contributed by atoms with Crippen molar-refractivity contribution in [1.29, 1.82) is 0 Å². The summed E-state index contributed by atoms with van der Waals surface area (Å²) in [6.45, 7) is -0.301. The summed E-state index contributed by atoms with van der Waals surface area (Å²) in [5.41, 5.74) is 0.506. The fraction of sp³-hybridized carbons (Fsp3) is 0.120. The van der Waals surface area contributed by atoms with E-state index in [1.807, 2.05) is 0 Å². The number of benzene rings is 2. The summed E-state index contributed by atoms with van der Waals surface area (Å²) in [5, 5.41) is 0. The number of ether oxygens (including phenoxy) is 2. The van der Waals surface area contributed by atoms with E-state index in [0.717, 1.165) is 0 Å². The highest BCUT2D eigenvalue weighted by Crippen LogP contribution is 2.30. The van der Waals surface area contributed by atoms with Crippen molar-refractivity contribution in [2.24, 2.45) is 0 Å². The Kier molecular flexibility index (Phi) is 7.39. The van der Waals surface area contributed by atoms with Crippen molar-refractivity contribution in [1.82, 2.24) is 9.97 Å². The molecule has 0 aliphatic heterocycles. The van der Waals surface area contributed by atoms with Gasteiger partial charge < -0.3 is 9.47 Å². The van der Waals surface area contributed by atoms with E-state index in [9.17, 15) is 21.6 Å². The molecule has 0 bridgehead atoms. The zero-order valence-electron chi connectivity index (χ0n) is 18.7. The number of halogens is 3. The maximum Gasteiger partial charge on any atom is 0.404 e. The quantitative estimate of drug-likeness (QED) is 0.274. The van der Waals surface area contributed by atoms with E-state index in [-0.39, 0.29) is 12.2 Å². The van der Waals surface area contributed by atoms with Crippen LogP contribution in [-0.4, -0.2) is 30.3 Å². The van der Waals surface area contributed by atoms with Crippen LogP contribution in [0.25, 0.3) is 0 Å². The van der Waals surface area contributed by atoms with Gasteiger partial charge in [-0.2, -0.15) is 13.2 Å². The first kappa shape index (κ1) is 25.0.